The van der Waals surface area contributed by atoms with Crippen LogP contribution in [0.2, 0.25) is 0 Å². The summed E-state index contributed by atoms with van der Waals surface area (Å²) in [5.41, 5.74) is 1.23. The van der Waals surface area contributed by atoms with E-state index < -0.39 is 30.3 Å². The molecule has 8 nitrogen and oxygen atoms in total. The van der Waals surface area contributed by atoms with Crippen molar-refractivity contribution in [3.05, 3.63) is 29.3 Å². The van der Waals surface area contributed by atoms with Gasteiger partial charge in [-0.15, -0.1) is 0 Å². The smallest absolute Gasteiger partial charge is 0.410 e. The van der Waals surface area contributed by atoms with Crippen LogP contribution >= 0.6 is 0 Å². The lowest BCUT2D eigenvalue weighted by atomic mass is 9.95. The number of nitriles is 1. The first-order valence-corrected chi connectivity index (χ1v) is 12.0. The number of amides is 1. The minimum absolute atomic E-state index is 0.107. The molecule has 1 amide bonds. The predicted octanol–water partition coefficient (Wildman–Crippen LogP) is 4.52. The molecule has 0 spiro atoms. The standard InChI is InChI=1S/C26H35F2N5O3/c1-25(2,3)36-24(34)33-13-9-18(10-14-33)19-7-8-21(30-17-31(4)5)20(15-29)23(19)35-22-11-12-32(6)16-26(22,27)28/h7-9,17,22H,10-14,16H2,1-6H3/t22-/m1/s1. The number of piperidine rings is 1. The summed E-state index contributed by atoms with van der Waals surface area (Å²) in [5.74, 6) is -2.97. The molecule has 36 heavy (non-hydrogen) atoms. The molecule has 1 fully saturated rings. The number of carbonyl (C=O) groups is 1. The molecule has 0 saturated carbocycles. The number of likely N-dealkylation sites (tertiary alicyclic amines) is 1. The Morgan fingerprint density at radius 3 is 2.58 bits per heavy atom. The highest BCUT2D eigenvalue weighted by Gasteiger charge is 2.46. The number of nitrogens with zero attached hydrogens (tertiary/aromatic N) is 5. The van der Waals surface area contributed by atoms with Crippen molar-refractivity contribution in [3.63, 3.8) is 0 Å². The Balaban J connectivity index is 1.98. The van der Waals surface area contributed by atoms with Gasteiger partial charge in [-0.3, -0.25) is 0 Å². The van der Waals surface area contributed by atoms with Crippen LogP contribution in [0.3, 0.4) is 0 Å². The summed E-state index contributed by atoms with van der Waals surface area (Å²) in [6.07, 6.45) is 2.21. The number of ether oxygens (including phenoxy) is 2. The summed E-state index contributed by atoms with van der Waals surface area (Å²) in [7, 11) is 5.24. The van der Waals surface area contributed by atoms with E-state index in [1.807, 2.05) is 26.8 Å². The highest BCUT2D eigenvalue weighted by atomic mass is 19.3. The monoisotopic (exact) mass is 503 g/mol. The van der Waals surface area contributed by atoms with Crippen molar-refractivity contribution in [2.24, 2.45) is 4.99 Å². The molecule has 1 atom stereocenters. The first-order valence-electron chi connectivity index (χ1n) is 12.0. The van der Waals surface area contributed by atoms with E-state index in [2.05, 4.69) is 11.1 Å². The Labute approximate surface area is 211 Å². The summed E-state index contributed by atoms with van der Waals surface area (Å²) in [4.78, 5) is 21.7. The number of benzene rings is 1. The summed E-state index contributed by atoms with van der Waals surface area (Å²) >= 11 is 0. The number of alkyl halides is 2. The second-order valence-corrected chi connectivity index (χ2v) is 10.5. The minimum Gasteiger partial charge on any atom is -0.482 e. The van der Waals surface area contributed by atoms with Crippen LogP contribution in [0.25, 0.3) is 5.57 Å². The SMILES string of the molecule is CN(C)C=Nc1ccc(C2=CCN(C(=O)OC(C)(C)C)CC2)c(O[C@@H]2CCN(C)CC2(F)F)c1C#N. The van der Waals surface area contributed by atoms with Gasteiger partial charge in [0.1, 0.15) is 23.0 Å². The first-order chi connectivity index (χ1) is 16.8. The highest BCUT2D eigenvalue weighted by molar-refractivity contribution is 5.80. The first kappa shape index (κ1) is 27.4. The molecule has 0 aromatic heterocycles. The van der Waals surface area contributed by atoms with Crippen LogP contribution in [-0.4, -0.2) is 92.1 Å². The van der Waals surface area contributed by atoms with E-state index >= 15 is 0 Å². The zero-order valence-corrected chi connectivity index (χ0v) is 21.8. The van der Waals surface area contributed by atoms with Gasteiger partial charge in [-0.1, -0.05) is 6.08 Å². The second-order valence-electron chi connectivity index (χ2n) is 10.5. The molecule has 196 valence electrons. The van der Waals surface area contributed by atoms with E-state index in [0.29, 0.717) is 37.3 Å². The van der Waals surface area contributed by atoms with E-state index in [0.717, 1.165) is 5.57 Å². The van der Waals surface area contributed by atoms with E-state index in [1.165, 1.54) is 0 Å². The summed E-state index contributed by atoms with van der Waals surface area (Å²) in [5, 5.41) is 10.0. The molecular weight excluding hydrogens is 468 g/mol. The fraction of sp³-hybridized carbons (Fsp3) is 0.577. The van der Waals surface area contributed by atoms with Gasteiger partial charge < -0.3 is 24.2 Å². The molecule has 0 unspecified atom stereocenters. The molecule has 10 heteroatoms. The molecule has 2 heterocycles. The van der Waals surface area contributed by atoms with Crippen molar-refractivity contribution < 1.29 is 23.0 Å². The number of halogens is 2. The van der Waals surface area contributed by atoms with Crippen molar-refractivity contribution in [2.45, 2.75) is 51.2 Å². The molecule has 1 aromatic carbocycles. The minimum atomic E-state index is -3.08. The number of hydrogen-bond donors (Lipinski definition) is 0. The van der Waals surface area contributed by atoms with Crippen molar-refractivity contribution in [1.82, 2.24) is 14.7 Å². The van der Waals surface area contributed by atoms with Gasteiger partial charge >= 0.3 is 6.09 Å². The zero-order valence-electron chi connectivity index (χ0n) is 21.8. The largest absolute Gasteiger partial charge is 0.482 e. The number of rotatable bonds is 5. The van der Waals surface area contributed by atoms with E-state index in [-0.39, 0.29) is 17.7 Å². The van der Waals surface area contributed by atoms with Gasteiger partial charge in [-0.05, 0) is 51.9 Å². The third-order valence-electron chi connectivity index (χ3n) is 5.87. The Kier molecular flexibility index (Phi) is 8.24. The fourth-order valence-electron chi connectivity index (χ4n) is 4.12. The Hall–Kier alpha value is -3.19. The average molecular weight is 504 g/mol. The lowest BCUT2D eigenvalue weighted by molar-refractivity contribution is -0.135. The fourth-order valence-corrected chi connectivity index (χ4v) is 4.12. The highest BCUT2D eigenvalue weighted by Crippen LogP contribution is 2.41. The molecule has 1 saturated heterocycles. The zero-order chi connectivity index (χ0) is 26.7. The van der Waals surface area contributed by atoms with Crippen molar-refractivity contribution >= 4 is 23.7 Å². The topological polar surface area (TPSA) is 81.4 Å². The van der Waals surface area contributed by atoms with Crippen LogP contribution < -0.4 is 4.74 Å². The van der Waals surface area contributed by atoms with Gasteiger partial charge in [0.15, 0.2) is 6.10 Å². The van der Waals surface area contributed by atoms with E-state index in [9.17, 15) is 18.8 Å². The van der Waals surface area contributed by atoms with Gasteiger partial charge in [0, 0.05) is 45.7 Å². The summed E-state index contributed by atoms with van der Waals surface area (Å²) < 4.78 is 41.2. The maximum absolute atomic E-state index is 14.9. The Bertz CT molecular complexity index is 1070. The third kappa shape index (κ3) is 6.72. The van der Waals surface area contributed by atoms with Gasteiger partial charge in [-0.2, -0.15) is 5.26 Å². The molecule has 0 aliphatic carbocycles. The van der Waals surface area contributed by atoms with Gasteiger partial charge in [0.25, 0.3) is 5.92 Å². The molecule has 0 bridgehead atoms. The van der Waals surface area contributed by atoms with Crippen LogP contribution in [0, 0.1) is 11.3 Å². The van der Waals surface area contributed by atoms with Crippen LogP contribution in [0.15, 0.2) is 23.2 Å². The van der Waals surface area contributed by atoms with Crippen LogP contribution in [-0.2, 0) is 4.74 Å². The van der Waals surface area contributed by atoms with Crippen LogP contribution in [0.4, 0.5) is 19.3 Å². The number of aliphatic imine (C=N–C) groups is 1. The Morgan fingerprint density at radius 1 is 1.31 bits per heavy atom. The quantitative estimate of drug-likeness (QED) is 0.434. The van der Waals surface area contributed by atoms with Crippen molar-refractivity contribution in [1.29, 1.82) is 5.26 Å². The molecule has 1 aromatic rings. The number of hydrogen-bond acceptors (Lipinski definition) is 6. The predicted molar refractivity (Wildman–Crippen MR) is 135 cm³/mol. The van der Waals surface area contributed by atoms with Crippen LogP contribution in [0.5, 0.6) is 5.75 Å². The van der Waals surface area contributed by atoms with Gasteiger partial charge in [0.2, 0.25) is 0 Å². The average Bonchev–Trinajstić information content (AvgIpc) is 2.78. The van der Waals surface area contributed by atoms with Crippen LogP contribution in [0.1, 0.15) is 44.7 Å². The van der Waals surface area contributed by atoms with Gasteiger partial charge in [0.05, 0.1) is 18.6 Å². The Morgan fingerprint density at radius 2 is 2.03 bits per heavy atom. The molecular formula is C26H35F2N5O3. The van der Waals surface area contributed by atoms with Crippen molar-refractivity contribution in [2.75, 3.05) is 47.3 Å². The third-order valence-corrected chi connectivity index (χ3v) is 5.87. The maximum atomic E-state index is 14.9. The molecule has 0 radical (unpaired) electrons. The number of carbonyl (C=O) groups excluding carboxylic acids is 1. The lowest BCUT2D eigenvalue weighted by Gasteiger charge is -2.37. The van der Waals surface area contributed by atoms with E-state index in [1.54, 1.807) is 54.3 Å². The molecule has 3 rings (SSSR count). The van der Waals surface area contributed by atoms with E-state index in [4.69, 9.17) is 9.47 Å². The normalized spacial score (nSPS) is 20.6. The molecule has 2 aliphatic heterocycles. The van der Waals surface area contributed by atoms with Gasteiger partial charge in [-0.25, -0.2) is 18.6 Å². The summed E-state index contributed by atoms with van der Waals surface area (Å²) in [6.45, 7) is 6.17. The summed E-state index contributed by atoms with van der Waals surface area (Å²) in [6, 6.07) is 5.56. The molecule has 2 aliphatic rings. The van der Waals surface area contributed by atoms with Crippen molar-refractivity contribution in [3.8, 4) is 11.8 Å². The second kappa shape index (κ2) is 10.8. The molecule has 0 N–H and O–H groups in total. The maximum Gasteiger partial charge on any atom is 0.410 e. The lowest BCUT2D eigenvalue weighted by Crippen LogP contribution is -2.52.